The first-order valence-electron chi connectivity index (χ1n) is 4.59. The van der Waals surface area contributed by atoms with Crippen molar-refractivity contribution >= 4 is 17.6 Å². The minimum atomic E-state index is 0.0369. The Morgan fingerprint density at radius 1 is 0.933 bits per heavy atom. The Hall–Kier alpha value is -1.61. The zero-order valence-electron chi connectivity index (χ0n) is 8.01. The topological polar surface area (TPSA) is 31.9 Å². The molecule has 0 unspecified atom stereocenters. The molecule has 15 heavy (non-hydrogen) atoms. The molecule has 2 aromatic rings. The van der Waals surface area contributed by atoms with Crippen LogP contribution in [-0.2, 0) is 5.11 Å². The highest BCUT2D eigenvalue weighted by atomic mass is 32.2. The van der Waals surface area contributed by atoms with Gasteiger partial charge in [0.15, 0.2) is 5.75 Å². The van der Waals surface area contributed by atoms with Crippen molar-refractivity contribution < 1.29 is 5.11 Å². The van der Waals surface area contributed by atoms with Crippen molar-refractivity contribution in [1.29, 1.82) is 0 Å². The van der Waals surface area contributed by atoms with Gasteiger partial charge in [0.1, 0.15) is 0 Å². The maximum atomic E-state index is 11.1. The molecule has 0 saturated heterocycles. The summed E-state index contributed by atoms with van der Waals surface area (Å²) in [5, 5.41) is 11.1. The van der Waals surface area contributed by atoms with E-state index in [1.807, 2.05) is 36.4 Å². The summed E-state index contributed by atoms with van der Waals surface area (Å²) in [6, 6.07) is 16.7. The minimum absolute atomic E-state index is 0.0369. The van der Waals surface area contributed by atoms with Crippen LogP contribution in [0.15, 0.2) is 59.5 Å². The lowest BCUT2D eigenvalue weighted by Gasteiger charge is -2.04. The Bertz CT molecular complexity index is 431. The highest BCUT2D eigenvalue weighted by Gasteiger charge is 1.96. The summed E-state index contributed by atoms with van der Waals surface area (Å²) in [6.45, 7) is 0. The van der Waals surface area contributed by atoms with Crippen LogP contribution in [0.4, 0.5) is 5.69 Å². The van der Waals surface area contributed by atoms with Crippen molar-refractivity contribution in [1.82, 2.24) is 0 Å². The van der Waals surface area contributed by atoms with Gasteiger partial charge in [-0.1, -0.05) is 24.3 Å². The molecule has 0 fully saturated rings. The van der Waals surface area contributed by atoms with Crippen LogP contribution in [0.25, 0.3) is 0 Å². The van der Waals surface area contributed by atoms with Crippen LogP contribution in [0.1, 0.15) is 0 Å². The monoisotopic (exact) mass is 216 g/mol. The van der Waals surface area contributed by atoms with E-state index in [1.165, 1.54) is 11.9 Å². The van der Waals surface area contributed by atoms with Gasteiger partial charge < -0.3 is 4.72 Å². The molecule has 0 amide bonds. The van der Waals surface area contributed by atoms with Crippen LogP contribution in [0.5, 0.6) is 5.75 Å². The summed E-state index contributed by atoms with van der Waals surface area (Å²) < 4.78 is 3.17. The number of rotatable bonds is 3. The van der Waals surface area contributed by atoms with E-state index in [0.29, 0.717) is 0 Å². The summed E-state index contributed by atoms with van der Waals surface area (Å²) in [7, 11) is 0. The summed E-state index contributed by atoms with van der Waals surface area (Å²) in [5.41, 5.74) is 1.03. The van der Waals surface area contributed by atoms with Gasteiger partial charge in [0.2, 0.25) is 0 Å². The second-order valence-electron chi connectivity index (χ2n) is 3.05. The number of hydrogen-bond acceptors (Lipinski definition) is 2. The predicted octanol–water partition coefficient (Wildman–Crippen LogP) is 3.95. The van der Waals surface area contributed by atoms with Crippen molar-refractivity contribution in [3.63, 3.8) is 0 Å². The molecule has 0 aromatic heterocycles. The molecule has 0 saturated carbocycles. The van der Waals surface area contributed by atoms with E-state index in [1.54, 1.807) is 18.2 Å². The van der Waals surface area contributed by atoms with E-state index in [4.69, 9.17) is 0 Å². The van der Waals surface area contributed by atoms with Gasteiger partial charge >= 0.3 is 0 Å². The predicted molar refractivity (Wildman–Crippen MR) is 62.5 cm³/mol. The van der Waals surface area contributed by atoms with Crippen LogP contribution >= 0.6 is 11.9 Å². The first-order valence-corrected chi connectivity index (χ1v) is 5.41. The van der Waals surface area contributed by atoms with Crippen molar-refractivity contribution in [2.24, 2.45) is 0 Å². The molecule has 1 N–H and O–H groups in total. The second-order valence-corrected chi connectivity index (χ2v) is 3.92. The number of para-hydroxylation sites is 1. The number of benzene rings is 2. The normalized spacial score (nSPS) is 9.87. The molecule has 2 rings (SSSR count). The third-order valence-corrected chi connectivity index (χ3v) is 2.69. The molecule has 0 aliphatic carbocycles. The summed E-state index contributed by atoms with van der Waals surface area (Å²) in [5.74, 6) is 0.0369. The van der Waals surface area contributed by atoms with Gasteiger partial charge in [-0.3, -0.25) is 5.11 Å². The average Bonchev–Trinajstić information content (AvgIpc) is 2.28. The van der Waals surface area contributed by atoms with Gasteiger partial charge in [0.05, 0.1) is 0 Å². The minimum Gasteiger partial charge on any atom is -0.326 e. The molecule has 75 valence electrons. The summed E-state index contributed by atoms with van der Waals surface area (Å²) in [6.07, 6.45) is 0. The molecule has 0 aliphatic rings. The smallest absolute Gasteiger partial charge is 0.179 e. The highest BCUT2D eigenvalue weighted by Crippen LogP contribution is 2.23. The number of anilines is 1. The molecular weight excluding hydrogens is 206 g/mol. The Kier molecular flexibility index (Phi) is 3.15. The standard InChI is InChI=1S/C12H10NOS/c14-11-7-4-8-12(9-11)15-13-10-5-2-1-3-6-10/h1-9,13H. The first-order chi connectivity index (χ1) is 7.34. The fraction of sp³-hybridized carbons (Fsp3) is 0. The average molecular weight is 216 g/mol. The van der Waals surface area contributed by atoms with E-state index in [-0.39, 0.29) is 5.75 Å². The van der Waals surface area contributed by atoms with E-state index >= 15 is 0 Å². The van der Waals surface area contributed by atoms with E-state index < -0.39 is 0 Å². The van der Waals surface area contributed by atoms with Crippen LogP contribution in [0.2, 0.25) is 0 Å². The molecule has 2 nitrogen and oxygen atoms in total. The van der Waals surface area contributed by atoms with Crippen LogP contribution in [-0.4, -0.2) is 0 Å². The quantitative estimate of drug-likeness (QED) is 0.788. The fourth-order valence-electron chi connectivity index (χ4n) is 1.16. The Morgan fingerprint density at radius 2 is 1.73 bits per heavy atom. The second kappa shape index (κ2) is 4.75. The molecule has 3 heteroatoms. The van der Waals surface area contributed by atoms with Gasteiger partial charge in [0.25, 0.3) is 0 Å². The molecule has 0 spiro atoms. The maximum absolute atomic E-state index is 11.1. The van der Waals surface area contributed by atoms with Crippen molar-refractivity contribution in [2.45, 2.75) is 4.90 Å². The van der Waals surface area contributed by atoms with E-state index in [0.717, 1.165) is 10.6 Å². The molecule has 0 heterocycles. The SMILES string of the molecule is [O]c1cccc(SNc2ccccc2)c1. The van der Waals surface area contributed by atoms with Crippen LogP contribution < -0.4 is 4.72 Å². The zero-order valence-corrected chi connectivity index (χ0v) is 8.83. The van der Waals surface area contributed by atoms with Gasteiger partial charge in [0, 0.05) is 16.6 Å². The number of nitrogens with one attached hydrogen (secondary N) is 1. The number of hydrogen-bond donors (Lipinski definition) is 1. The molecule has 0 bridgehead atoms. The van der Waals surface area contributed by atoms with Crippen molar-refractivity contribution in [2.75, 3.05) is 4.72 Å². The van der Waals surface area contributed by atoms with Crippen LogP contribution in [0.3, 0.4) is 0 Å². The Balaban J connectivity index is 1.99. The fourth-order valence-corrected chi connectivity index (χ4v) is 1.86. The van der Waals surface area contributed by atoms with E-state index in [9.17, 15) is 5.11 Å². The molecular formula is C12H10NOS. The Morgan fingerprint density at radius 3 is 2.47 bits per heavy atom. The lowest BCUT2D eigenvalue weighted by atomic mass is 10.3. The summed E-state index contributed by atoms with van der Waals surface area (Å²) in [4.78, 5) is 0.923. The lowest BCUT2D eigenvalue weighted by molar-refractivity contribution is 0.354. The van der Waals surface area contributed by atoms with Gasteiger partial charge in [-0.2, -0.15) is 0 Å². The third kappa shape index (κ3) is 2.92. The maximum Gasteiger partial charge on any atom is 0.179 e. The molecule has 2 aromatic carbocycles. The van der Waals surface area contributed by atoms with Gasteiger partial charge in [-0.15, -0.1) is 0 Å². The van der Waals surface area contributed by atoms with Crippen molar-refractivity contribution in [3.8, 4) is 5.75 Å². The largest absolute Gasteiger partial charge is 0.326 e. The van der Waals surface area contributed by atoms with Gasteiger partial charge in [-0.05, 0) is 36.2 Å². The van der Waals surface area contributed by atoms with E-state index in [2.05, 4.69) is 4.72 Å². The Labute approximate surface area is 93.1 Å². The first kappa shape index (κ1) is 9.93. The third-order valence-electron chi connectivity index (χ3n) is 1.87. The molecule has 0 atom stereocenters. The zero-order chi connectivity index (χ0) is 10.5. The van der Waals surface area contributed by atoms with Crippen molar-refractivity contribution in [3.05, 3.63) is 54.6 Å². The molecule has 0 aliphatic heterocycles. The summed E-state index contributed by atoms with van der Waals surface area (Å²) >= 11 is 1.44. The van der Waals surface area contributed by atoms with Crippen LogP contribution in [0, 0.1) is 0 Å². The lowest BCUT2D eigenvalue weighted by Crippen LogP contribution is -1.84. The van der Waals surface area contributed by atoms with Gasteiger partial charge in [-0.25, -0.2) is 0 Å². The highest BCUT2D eigenvalue weighted by molar-refractivity contribution is 8.00. The molecule has 1 radical (unpaired) electrons.